The second kappa shape index (κ2) is 3.97. The lowest BCUT2D eigenvalue weighted by Crippen LogP contribution is -2.27. The lowest BCUT2D eigenvalue weighted by atomic mass is 9.95. The van der Waals surface area contributed by atoms with Gasteiger partial charge >= 0.3 is 0 Å². The number of nitrogens with one attached hydrogen (secondary N) is 1. The Morgan fingerprint density at radius 1 is 1.18 bits per heavy atom. The van der Waals surface area contributed by atoms with E-state index in [1.54, 1.807) is 6.92 Å². The molecule has 3 atom stereocenters. The van der Waals surface area contributed by atoms with Gasteiger partial charge in [-0.2, -0.15) is 0 Å². The summed E-state index contributed by atoms with van der Waals surface area (Å²) in [6, 6.07) is 3.09. The Labute approximate surface area is 100 Å². The fourth-order valence-electron chi connectivity index (χ4n) is 3.40. The number of benzene rings is 1. The van der Waals surface area contributed by atoms with Crippen LogP contribution in [0.1, 0.15) is 31.2 Å². The summed E-state index contributed by atoms with van der Waals surface area (Å²) in [6.45, 7) is 1.67. The third kappa shape index (κ3) is 1.81. The van der Waals surface area contributed by atoms with Crippen LogP contribution in [-0.4, -0.2) is 6.04 Å². The Kier molecular flexibility index (Phi) is 2.57. The molecule has 3 unspecified atom stereocenters. The van der Waals surface area contributed by atoms with Crippen LogP contribution in [0.2, 0.25) is 0 Å². The van der Waals surface area contributed by atoms with Crippen molar-refractivity contribution in [1.29, 1.82) is 0 Å². The summed E-state index contributed by atoms with van der Waals surface area (Å²) < 4.78 is 27.5. The first-order chi connectivity index (χ1) is 8.15. The van der Waals surface area contributed by atoms with Crippen LogP contribution in [0.25, 0.3) is 0 Å². The molecule has 3 rings (SSSR count). The Bertz CT molecular complexity index is 444. The van der Waals surface area contributed by atoms with E-state index in [-0.39, 0.29) is 11.7 Å². The molecule has 2 bridgehead atoms. The van der Waals surface area contributed by atoms with Gasteiger partial charge in [-0.15, -0.1) is 0 Å². The van der Waals surface area contributed by atoms with Crippen LogP contribution in [0.4, 0.5) is 14.5 Å². The second-order valence-corrected chi connectivity index (χ2v) is 5.48. The van der Waals surface area contributed by atoms with Gasteiger partial charge < -0.3 is 5.32 Å². The summed E-state index contributed by atoms with van der Waals surface area (Å²) in [7, 11) is 0. The molecule has 0 aromatic heterocycles. The van der Waals surface area contributed by atoms with Crippen LogP contribution in [-0.2, 0) is 0 Å². The Morgan fingerprint density at radius 2 is 2.00 bits per heavy atom. The van der Waals surface area contributed by atoms with Crippen molar-refractivity contribution in [2.24, 2.45) is 11.8 Å². The molecule has 92 valence electrons. The smallest absolute Gasteiger partial charge is 0.152 e. The molecular formula is C14H17F2N. The van der Waals surface area contributed by atoms with E-state index >= 15 is 0 Å². The molecule has 1 nitrogen and oxygen atoms in total. The molecule has 0 saturated heterocycles. The van der Waals surface area contributed by atoms with Crippen molar-refractivity contribution in [3.63, 3.8) is 0 Å². The van der Waals surface area contributed by atoms with Gasteiger partial charge in [0.2, 0.25) is 0 Å². The average molecular weight is 237 g/mol. The molecule has 2 saturated carbocycles. The highest BCUT2D eigenvalue weighted by molar-refractivity contribution is 5.50. The van der Waals surface area contributed by atoms with Gasteiger partial charge in [0.15, 0.2) is 5.82 Å². The van der Waals surface area contributed by atoms with Gasteiger partial charge in [0, 0.05) is 6.04 Å². The summed E-state index contributed by atoms with van der Waals surface area (Å²) in [5, 5.41) is 3.10. The predicted octanol–water partition coefficient (Wildman–Crippen LogP) is 3.87. The van der Waals surface area contributed by atoms with E-state index in [0.717, 1.165) is 12.3 Å². The summed E-state index contributed by atoms with van der Waals surface area (Å²) in [4.78, 5) is 0. The zero-order valence-electron chi connectivity index (χ0n) is 9.97. The van der Waals surface area contributed by atoms with Gasteiger partial charge in [0.25, 0.3) is 0 Å². The van der Waals surface area contributed by atoms with E-state index in [0.29, 0.717) is 11.5 Å². The van der Waals surface area contributed by atoms with Crippen LogP contribution >= 0.6 is 0 Å². The number of halogens is 2. The van der Waals surface area contributed by atoms with E-state index < -0.39 is 11.6 Å². The van der Waals surface area contributed by atoms with Gasteiger partial charge in [-0.05, 0) is 49.7 Å². The van der Waals surface area contributed by atoms with Crippen molar-refractivity contribution in [2.45, 2.75) is 38.6 Å². The fraction of sp³-hybridized carbons (Fsp3) is 0.571. The molecule has 1 aromatic rings. The molecular weight excluding hydrogens is 220 g/mol. The Hall–Kier alpha value is -1.12. The minimum atomic E-state index is -0.476. The highest BCUT2D eigenvalue weighted by atomic mass is 19.1. The SMILES string of the molecule is Cc1ccc(F)c(NC2CC3CCC2C3)c1F. The van der Waals surface area contributed by atoms with E-state index in [9.17, 15) is 8.78 Å². The predicted molar refractivity (Wildman–Crippen MR) is 64.0 cm³/mol. The van der Waals surface area contributed by atoms with Gasteiger partial charge in [-0.3, -0.25) is 0 Å². The number of fused-ring (bicyclic) bond motifs is 2. The maximum atomic E-state index is 13.9. The quantitative estimate of drug-likeness (QED) is 0.823. The van der Waals surface area contributed by atoms with Gasteiger partial charge in [-0.1, -0.05) is 12.5 Å². The Balaban J connectivity index is 1.83. The van der Waals surface area contributed by atoms with Crippen molar-refractivity contribution < 1.29 is 8.78 Å². The number of aryl methyl sites for hydroxylation is 1. The monoisotopic (exact) mass is 237 g/mol. The van der Waals surface area contributed by atoms with Crippen molar-refractivity contribution in [3.05, 3.63) is 29.3 Å². The zero-order chi connectivity index (χ0) is 12.0. The van der Waals surface area contributed by atoms with E-state index in [1.807, 2.05) is 0 Å². The summed E-state index contributed by atoms with van der Waals surface area (Å²) >= 11 is 0. The fourth-order valence-corrected chi connectivity index (χ4v) is 3.40. The van der Waals surface area contributed by atoms with E-state index in [4.69, 9.17) is 0 Å². The Morgan fingerprint density at radius 3 is 2.65 bits per heavy atom. The molecule has 0 radical (unpaired) electrons. The molecule has 0 heterocycles. The molecule has 1 aromatic carbocycles. The van der Waals surface area contributed by atoms with E-state index in [1.165, 1.54) is 31.4 Å². The maximum absolute atomic E-state index is 13.9. The first-order valence-corrected chi connectivity index (χ1v) is 6.36. The molecule has 1 N–H and O–H groups in total. The molecule has 17 heavy (non-hydrogen) atoms. The second-order valence-electron chi connectivity index (χ2n) is 5.48. The molecule has 2 aliphatic rings. The minimum absolute atomic E-state index is 0.0718. The van der Waals surface area contributed by atoms with Gasteiger partial charge in [0.05, 0.1) is 0 Å². The number of rotatable bonds is 2. The third-order valence-corrected chi connectivity index (χ3v) is 4.35. The normalized spacial score (nSPS) is 30.9. The van der Waals surface area contributed by atoms with Gasteiger partial charge in [0.1, 0.15) is 11.5 Å². The van der Waals surface area contributed by atoms with Crippen molar-refractivity contribution in [3.8, 4) is 0 Å². The zero-order valence-corrected chi connectivity index (χ0v) is 9.97. The topological polar surface area (TPSA) is 12.0 Å². The summed E-state index contributed by atoms with van der Waals surface area (Å²) in [6.07, 6.45) is 4.79. The standard InChI is InChI=1S/C14H17F2N/c1-8-2-5-11(15)14(13(8)16)17-12-7-9-3-4-10(12)6-9/h2,5,9-10,12,17H,3-4,6-7H2,1H3. The van der Waals surface area contributed by atoms with Crippen LogP contribution in [0, 0.1) is 30.4 Å². The summed E-state index contributed by atoms with van der Waals surface area (Å²) in [5.74, 6) is 0.469. The van der Waals surface area contributed by atoms with Crippen LogP contribution in [0.15, 0.2) is 12.1 Å². The molecule has 2 fully saturated rings. The number of hydrogen-bond donors (Lipinski definition) is 1. The van der Waals surface area contributed by atoms with Crippen LogP contribution in [0.5, 0.6) is 0 Å². The van der Waals surface area contributed by atoms with Crippen molar-refractivity contribution >= 4 is 5.69 Å². The van der Waals surface area contributed by atoms with Crippen molar-refractivity contribution in [2.75, 3.05) is 5.32 Å². The van der Waals surface area contributed by atoms with Crippen molar-refractivity contribution in [1.82, 2.24) is 0 Å². The average Bonchev–Trinajstić information content (AvgIpc) is 2.91. The molecule has 0 amide bonds. The molecule has 2 aliphatic carbocycles. The lowest BCUT2D eigenvalue weighted by Gasteiger charge is -2.24. The first kappa shape index (κ1) is 11.0. The highest BCUT2D eigenvalue weighted by Gasteiger charge is 2.39. The number of anilines is 1. The first-order valence-electron chi connectivity index (χ1n) is 6.36. The lowest BCUT2D eigenvalue weighted by molar-refractivity contribution is 0.435. The molecule has 3 heteroatoms. The highest BCUT2D eigenvalue weighted by Crippen LogP contribution is 2.45. The maximum Gasteiger partial charge on any atom is 0.152 e. The molecule has 0 spiro atoms. The number of hydrogen-bond acceptors (Lipinski definition) is 1. The van der Waals surface area contributed by atoms with Crippen LogP contribution in [0.3, 0.4) is 0 Å². The van der Waals surface area contributed by atoms with Crippen LogP contribution < -0.4 is 5.32 Å². The third-order valence-electron chi connectivity index (χ3n) is 4.35. The molecule has 0 aliphatic heterocycles. The summed E-state index contributed by atoms with van der Waals surface area (Å²) in [5.41, 5.74) is 0.569. The minimum Gasteiger partial charge on any atom is -0.377 e. The van der Waals surface area contributed by atoms with Gasteiger partial charge in [-0.25, -0.2) is 8.78 Å². The largest absolute Gasteiger partial charge is 0.377 e. The van der Waals surface area contributed by atoms with E-state index in [2.05, 4.69) is 5.32 Å².